The summed E-state index contributed by atoms with van der Waals surface area (Å²) in [6.07, 6.45) is 10.5. The molecule has 0 spiro atoms. The van der Waals surface area contributed by atoms with Gasteiger partial charge in [0.2, 0.25) is 0 Å². The molecule has 10 nitrogen and oxygen atoms in total. The van der Waals surface area contributed by atoms with E-state index in [1.807, 2.05) is 24.8 Å². The third kappa shape index (κ3) is 9.68. The summed E-state index contributed by atoms with van der Waals surface area (Å²) in [4.78, 5) is 33.4. The van der Waals surface area contributed by atoms with Crippen molar-refractivity contribution in [2.24, 2.45) is 11.8 Å². The molecular formula is C58H72N6O4. The Balaban J connectivity index is 0.000000160. The quantitative estimate of drug-likeness (QED) is 0.139. The summed E-state index contributed by atoms with van der Waals surface area (Å²) in [5.41, 5.74) is 12.3. The maximum absolute atomic E-state index is 13.4. The fraction of sp³-hybridized carbons (Fsp3) is 0.483. The molecule has 6 heterocycles. The summed E-state index contributed by atoms with van der Waals surface area (Å²) in [6.45, 7) is 19.1. The second kappa shape index (κ2) is 20.6. The molecule has 0 bridgehead atoms. The van der Waals surface area contributed by atoms with E-state index in [0.29, 0.717) is 13.2 Å². The van der Waals surface area contributed by atoms with Gasteiger partial charge in [0.1, 0.15) is 11.5 Å². The number of carbonyl (C=O) groups excluding carboxylic acids is 2. The molecule has 10 heteroatoms. The van der Waals surface area contributed by atoms with Gasteiger partial charge in [-0.15, -0.1) is 0 Å². The first-order chi connectivity index (χ1) is 33.2. The van der Waals surface area contributed by atoms with Crippen molar-refractivity contribution >= 4 is 33.6 Å². The minimum atomic E-state index is 0.176. The first-order valence-corrected chi connectivity index (χ1v) is 26.0. The molecule has 2 aromatic heterocycles. The Hall–Kier alpha value is -5.58. The summed E-state index contributed by atoms with van der Waals surface area (Å²) in [7, 11) is 0. The lowest BCUT2D eigenvalue weighted by atomic mass is 9.89. The highest BCUT2D eigenvalue weighted by atomic mass is 16.5. The highest BCUT2D eigenvalue weighted by molar-refractivity contribution is 6.00. The van der Waals surface area contributed by atoms with Crippen molar-refractivity contribution in [2.75, 3.05) is 52.5 Å². The van der Waals surface area contributed by atoms with E-state index in [1.165, 1.54) is 74.7 Å². The van der Waals surface area contributed by atoms with Crippen molar-refractivity contribution in [1.82, 2.24) is 29.2 Å². The number of ether oxygens (including phenoxy) is 2. The highest BCUT2D eigenvalue weighted by Crippen LogP contribution is 2.37. The molecule has 0 radical (unpaired) electrons. The molecule has 5 aliphatic rings. The fourth-order valence-electron chi connectivity index (χ4n) is 11.4. The normalized spacial score (nSPS) is 18.2. The van der Waals surface area contributed by atoms with Gasteiger partial charge >= 0.3 is 0 Å². The van der Waals surface area contributed by atoms with E-state index in [0.717, 1.165) is 144 Å². The second-order valence-electron chi connectivity index (χ2n) is 20.3. The van der Waals surface area contributed by atoms with Crippen LogP contribution in [0, 0.1) is 11.8 Å². The number of rotatable bonds is 11. The van der Waals surface area contributed by atoms with Crippen molar-refractivity contribution in [1.29, 1.82) is 0 Å². The maximum Gasteiger partial charge on any atom is 0.253 e. The van der Waals surface area contributed by atoms with Crippen molar-refractivity contribution < 1.29 is 19.1 Å². The van der Waals surface area contributed by atoms with Crippen LogP contribution in [0.15, 0.2) is 84.9 Å². The number of hydrogen-bond acceptors (Lipinski definition) is 6. The molecule has 2 saturated heterocycles. The molecule has 11 rings (SSSR count). The zero-order valence-electron chi connectivity index (χ0n) is 41.0. The predicted octanol–water partition coefficient (Wildman–Crippen LogP) is 10.5. The third-order valence-corrected chi connectivity index (χ3v) is 15.8. The van der Waals surface area contributed by atoms with Crippen molar-refractivity contribution in [3.63, 3.8) is 0 Å². The lowest BCUT2D eigenvalue weighted by Crippen LogP contribution is -2.43. The number of likely N-dealkylation sites (tertiary alicyclic amines) is 2. The highest BCUT2D eigenvalue weighted by Gasteiger charge is 2.32. The molecule has 1 saturated carbocycles. The average molecular weight is 917 g/mol. The van der Waals surface area contributed by atoms with Crippen LogP contribution in [0.4, 0.5) is 0 Å². The number of nitrogens with one attached hydrogen (secondary N) is 1. The molecule has 3 fully saturated rings. The molecular weight excluding hydrogens is 845 g/mol. The molecule has 4 aromatic carbocycles. The molecule has 0 unspecified atom stereocenters. The number of carbonyl (C=O) groups is 2. The van der Waals surface area contributed by atoms with Crippen LogP contribution in [0.2, 0.25) is 0 Å². The molecule has 4 aliphatic heterocycles. The van der Waals surface area contributed by atoms with Crippen LogP contribution in [0.3, 0.4) is 0 Å². The topological polar surface area (TPSA) is 84.2 Å². The number of piperidine rings is 2. The van der Waals surface area contributed by atoms with Gasteiger partial charge in [0.05, 0.1) is 13.2 Å². The zero-order chi connectivity index (χ0) is 46.7. The van der Waals surface area contributed by atoms with Crippen LogP contribution in [0.25, 0.3) is 21.8 Å². The van der Waals surface area contributed by atoms with Crippen LogP contribution in [0.1, 0.15) is 127 Å². The largest absolute Gasteiger partial charge is 0.494 e. The van der Waals surface area contributed by atoms with E-state index in [9.17, 15) is 9.59 Å². The minimum Gasteiger partial charge on any atom is -0.494 e. The number of amides is 2. The second-order valence-corrected chi connectivity index (χ2v) is 20.3. The van der Waals surface area contributed by atoms with Gasteiger partial charge in [-0.3, -0.25) is 14.5 Å². The summed E-state index contributed by atoms with van der Waals surface area (Å²) >= 11 is 0. The van der Waals surface area contributed by atoms with E-state index in [2.05, 4.69) is 117 Å². The smallest absolute Gasteiger partial charge is 0.253 e. The van der Waals surface area contributed by atoms with Crippen molar-refractivity contribution in [3.05, 3.63) is 130 Å². The maximum atomic E-state index is 13.4. The van der Waals surface area contributed by atoms with Gasteiger partial charge in [-0.1, -0.05) is 44.5 Å². The van der Waals surface area contributed by atoms with Gasteiger partial charge in [-0.2, -0.15) is 0 Å². The Bertz CT molecular complexity index is 2720. The Morgan fingerprint density at radius 2 is 1.07 bits per heavy atom. The predicted molar refractivity (Wildman–Crippen MR) is 273 cm³/mol. The number of hydrogen-bond donors (Lipinski definition) is 1. The Kier molecular flexibility index (Phi) is 14.0. The van der Waals surface area contributed by atoms with Gasteiger partial charge < -0.3 is 33.7 Å². The van der Waals surface area contributed by atoms with E-state index in [-0.39, 0.29) is 11.8 Å². The van der Waals surface area contributed by atoms with Gasteiger partial charge in [-0.05, 0) is 147 Å². The summed E-state index contributed by atoms with van der Waals surface area (Å²) in [5, 5.41) is 6.01. The average Bonchev–Trinajstić information content (AvgIpc) is 3.83. The number of nitrogens with zero attached hydrogens (tertiary/aromatic N) is 5. The van der Waals surface area contributed by atoms with Crippen molar-refractivity contribution in [2.45, 2.75) is 118 Å². The van der Waals surface area contributed by atoms with Gasteiger partial charge in [0, 0.05) is 129 Å². The summed E-state index contributed by atoms with van der Waals surface area (Å²) < 4.78 is 16.2. The molecule has 1 N–H and O–H groups in total. The minimum absolute atomic E-state index is 0.176. The molecule has 358 valence electrons. The summed E-state index contributed by atoms with van der Waals surface area (Å²) in [5.74, 6) is 3.65. The molecule has 0 atom stereocenters. The van der Waals surface area contributed by atoms with Crippen LogP contribution >= 0.6 is 0 Å². The lowest BCUT2D eigenvalue weighted by molar-refractivity contribution is 0.0689. The van der Waals surface area contributed by atoms with Crippen molar-refractivity contribution in [3.8, 4) is 11.5 Å². The van der Waals surface area contributed by atoms with Gasteiger partial charge in [-0.25, -0.2) is 0 Å². The van der Waals surface area contributed by atoms with Gasteiger partial charge in [0.15, 0.2) is 0 Å². The zero-order valence-corrected chi connectivity index (χ0v) is 41.0. The molecule has 1 aliphatic carbocycles. The molecule has 6 aromatic rings. The van der Waals surface area contributed by atoms with Crippen LogP contribution in [0.5, 0.6) is 11.5 Å². The number of benzene rings is 4. The standard InChI is InChI=1S/C31H39N3O2.C27H33N3O2/c1-3-36-26-10-7-23(8-11-26)20-34-29-12-9-24(31(35)32-16-13-22(2)14-17-32)19-27(29)28-21-33(18-15-30(28)34)25-5-4-6-25;1-3-32-22-7-4-20(5-8-22)18-30-25-9-6-21(27(31)29-14-11-19(2)12-15-29)16-23(25)24-17-28-13-10-26(24)30/h7-12,19,22,25H,3-6,13-18,20-21H2,1-2H3;4-9,16,19,28H,3,10-15,17-18H2,1-2H3. The van der Waals surface area contributed by atoms with Crippen LogP contribution in [-0.2, 0) is 39.0 Å². The molecule has 2 amide bonds. The summed E-state index contributed by atoms with van der Waals surface area (Å²) in [6, 6.07) is 30.4. The first-order valence-electron chi connectivity index (χ1n) is 26.0. The van der Waals surface area contributed by atoms with Crippen LogP contribution < -0.4 is 14.8 Å². The lowest BCUT2D eigenvalue weighted by Gasteiger charge is -2.40. The molecule has 68 heavy (non-hydrogen) atoms. The fourth-order valence-corrected chi connectivity index (χ4v) is 11.4. The SMILES string of the molecule is CCOc1ccc(Cn2c3c(c4cc(C(=O)N5CCC(C)CC5)ccc42)CN(C2CCC2)CC3)cc1.CCOc1ccc(Cn2c3c(c4cc(C(=O)N5CCC(C)CC5)ccc42)CNCC3)cc1. The monoisotopic (exact) mass is 917 g/mol. The van der Waals surface area contributed by atoms with E-state index in [1.54, 1.807) is 0 Å². The Morgan fingerprint density at radius 1 is 0.588 bits per heavy atom. The Labute approximate surface area is 403 Å². The van der Waals surface area contributed by atoms with Gasteiger partial charge in [0.25, 0.3) is 11.8 Å². The Morgan fingerprint density at radius 3 is 1.54 bits per heavy atom. The number of aromatic nitrogens is 2. The van der Waals surface area contributed by atoms with E-state index < -0.39 is 0 Å². The third-order valence-electron chi connectivity index (χ3n) is 15.8. The van der Waals surface area contributed by atoms with E-state index in [4.69, 9.17) is 9.47 Å². The first kappa shape index (κ1) is 46.2. The van der Waals surface area contributed by atoms with Crippen LogP contribution in [-0.4, -0.2) is 94.2 Å². The number of fused-ring (bicyclic) bond motifs is 6. The van der Waals surface area contributed by atoms with E-state index >= 15 is 0 Å².